The molecule has 1 heterocycles. The molecule has 0 aliphatic carbocycles. The Bertz CT molecular complexity index is 289. The van der Waals surface area contributed by atoms with Gasteiger partial charge in [0.1, 0.15) is 4.88 Å². The predicted octanol–water partition coefficient (Wildman–Crippen LogP) is 3.98. The van der Waals surface area contributed by atoms with Crippen LogP contribution in [-0.2, 0) is 6.42 Å². The maximum absolute atomic E-state index is 10.7. The Hall–Kier alpha value is -0.830. The Labute approximate surface area is 90.6 Å². The molecule has 0 bridgehead atoms. The lowest BCUT2D eigenvalue weighted by Gasteiger charge is -1.94. The minimum absolute atomic E-state index is 0. The summed E-state index contributed by atoms with van der Waals surface area (Å²) in [6, 6.07) is 1.97. The van der Waals surface area contributed by atoms with E-state index >= 15 is 0 Å². The summed E-state index contributed by atoms with van der Waals surface area (Å²) in [6.45, 7) is 3.99. The van der Waals surface area contributed by atoms with Crippen molar-refractivity contribution in [2.24, 2.45) is 0 Å². The lowest BCUT2D eigenvalue weighted by atomic mass is 10.1. The van der Waals surface area contributed by atoms with Gasteiger partial charge in [-0.05, 0) is 25.0 Å². The molecule has 1 aromatic heterocycles. The summed E-state index contributed by atoms with van der Waals surface area (Å²) in [4.78, 5) is 12.3. The molecular formula is C11H20O2S. The van der Waals surface area contributed by atoms with Crippen LogP contribution in [0, 0.1) is 6.92 Å². The van der Waals surface area contributed by atoms with Crippen molar-refractivity contribution in [1.82, 2.24) is 0 Å². The molecule has 82 valence electrons. The summed E-state index contributed by atoms with van der Waals surface area (Å²) in [5, 5.41) is 8.82. The third kappa shape index (κ3) is 3.50. The lowest BCUT2D eigenvalue weighted by Crippen LogP contribution is -1.96. The minimum Gasteiger partial charge on any atom is -0.477 e. The van der Waals surface area contributed by atoms with Crippen molar-refractivity contribution in [3.63, 3.8) is 0 Å². The van der Waals surface area contributed by atoms with E-state index in [1.54, 1.807) is 0 Å². The lowest BCUT2D eigenvalue weighted by molar-refractivity contribution is 0.0701. The molecule has 0 spiro atoms. The normalized spacial score (nSPS) is 8.71. The summed E-state index contributed by atoms with van der Waals surface area (Å²) in [7, 11) is 0. The summed E-state index contributed by atoms with van der Waals surface area (Å²) < 4.78 is 0. The molecule has 0 aromatic carbocycles. The van der Waals surface area contributed by atoms with Crippen molar-refractivity contribution in [3.8, 4) is 0 Å². The van der Waals surface area contributed by atoms with Crippen LogP contribution in [0.3, 0.4) is 0 Å². The number of aromatic carboxylic acids is 1. The van der Waals surface area contributed by atoms with Crippen molar-refractivity contribution < 1.29 is 9.90 Å². The molecule has 0 aliphatic rings. The van der Waals surface area contributed by atoms with Gasteiger partial charge in [0.2, 0.25) is 0 Å². The molecule has 0 aliphatic heterocycles. The fourth-order valence-corrected chi connectivity index (χ4v) is 2.11. The fourth-order valence-electron chi connectivity index (χ4n) is 1.20. The van der Waals surface area contributed by atoms with Gasteiger partial charge >= 0.3 is 5.97 Å². The Morgan fingerprint density at radius 3 is 2.50 bits per heavy atom. The van der Waals surface area contributed by atoms with Crippen LogP contribution in [0.4, 0.5) is 0 Å². The average molecular weight is 216 g/mol. The number of thiophene rings is 1. The van der Waals surface area contributed by atoms with E-state index in [2.05, 4.69) is 6.92 Å². The van der Waals surface area contributed by atoms with E-state index < -0.39 is 5.97 Å². The third-order valence-corrected chi connectivity index (χ3v) is 2.73. The van der Waals surface area contributed by atoms with E-state index in [0.29, 0.717) is 4.88 Å². The standard InChI is InChI=1S/C9H12O2S.2CH4/c1-3-4-7-5-6(2)12-8(7)9(10)11;;/h5H,3-4H2,1-2H3,(H,10,11);2*1H4. The second-order valence-electron chi connectivity index (χ2n) is 2.77. The molecule has 0 saturated carbocycles. The average Bonchev–Trinajstić information content (AvgIpc) is 2.32. The van der Waals surface area contributed by atoms with Gasteiger partial charge in [0.15, 0.2) is 0 Å². The first-order valence-electron chi connectivity index (χ1n) is 3.97. The van der Waals surface area contributed by atoms with Gasteiger partial charge in [-0.3, -0.25) is 0 Å². The van der Waals surface area contributed by atoms with Crippen LogP contribution >= 0.6 is 11.3 Å². The first-order valence-corrected chi connectivity index (χ1v) is 4.79. The van der Waals surface area contributed by atoms with E-state index in [1.165, 1.54) is 11.3 Å². The Morgan fingerprint density at radius 2 is 2.07 bits per heavy atom. The molecule has 3 heteroatoms. The van der Waals surface area contributed by atoms with Crippen molar-refractivity contribution in [1.29, 1.82) is 0 Å². The number of rotatable bonds is 3. The van der Waals surface area contributed by atoms with Gasteiger partial charge in [0, 0.05) is 4.88 Å². The van der Waals surface area contributed by atoms with Crippen LogP contribution in [-0.4, -0.2) is 11.1 Å². The monoisotopic (exact) mass is 216 g/mol. The highest BCUT2D eigenvalue weighted by Crippen LogP contribution is 2.22. The summed E-state index contributed by atoms with van der Waals surface area (Å²) in [6.07, 6.45) is 1.86. The number of carboxylic acid groups (broad SMARTS) is 1. The zero-order chi connectivity index (χ0) is 9.14. The minimum atomic E-state index is -0.795. The largest absolute Gasteiger partial charge is 0.477 e. The number of carboxylic acids is 1. The highest BCUT2D eigenvalue weighted by molar-refractivity contribution is 7.14. The molecule has 0 amide bonds. The van der Waals surface area contributed by atoms with Crippen molar-refractivity contribution >= 4 is 17.3 Å². The van der Waals surface area contributed by atoms with Gasteiger partial charge in [-0.2, -0.15) is 0 Å². The number of aryl methyl sites for hydroxylation is 2. The number of hydrogen-bond donors (Lipinski definition) is 1. The second-order valence-corrected chi connectivity index (χ2v) is 4.02. The topological polar surface area (TPSA) is 37.3 Å². The van der Waals surface area contributed by atoms with E-state index in [-0.39, 0.29) is 14.9 Å². The molecule has 14 heavy (non-hydrogen) atoms. The SMILES string of the molecule is C.C.CCCc1cc(C)sc1C(=O)O. The van der Waals surface area contributed by atoms with Crippen LogP contribution in [0.5, 0.6) is 0 Å². The molecular weight excluding hydrogens is 196 g/mol. The molecule has 0 unspecified atom stereocenters. The van der Waals surface area contributed by atoms with Gasteiger partial charge in [-0.1, -0.05) is 28.2 Å². The first kappa shape index (κ1) is 15.6. The fraction of sp³-hybridized carbons (Fsp3) is 0.545. The molecule has 2 nitrogen and oxygen atoms in total. The highest BCUT2D eigenvalue weighted by Gasteiger charge is 2.12. The Kier molecular flexibility index (Phi) is 7.37. The van der Waals surface area contributed by atoms with Gasteiger partial charge < -0.3 is 5.11 Å². The summed E-state index contributed by atoms with van der Waals surface area (Å²) >= 11 is 1.36. The van der Waals surface area contributed by atoms with Crippen molar-refractivity contribution in [2.75, 3.05) is 0 Å². The summed E-state index contributed by atoms with van der Waals surface area (Å²) in [5.41, 5.74) is 0.979. The van der Waals surface area contributed by atoms with Crippen LogP contribution in [0.25, 0.3) is 0 Å². The predicted molar refractivity (Wildman–Crippen MR) is 63.5 cm³/mol. The van der Waals surface area contributed by atoms with Crippen LogP contribution in [0.15, 0.2) is 6.07 Å². The van der Waals surface area contributed by atoms with Gasteiger partial charge in [0.05, 0.1) is 0 Å². The zero-order valence-electron chi connectivity index (χ0n) is 7.26. The van der Waals surface area contributed by atoms with Gasteiger partial charge in [0.25, 0.3) is 0 Å². The van der Waals surface area contributed by atoms with Crippen LogP contribution < -0.4 is 0 Å². The molecule has 0 atom stereocenters. The Balaban J connectivity index is 0. The van der Waals surface area contributed by atoms with Crippen LogP contribution in [0.2, 0.25) is 0 Å². The smallest absolute Gasteiger partial charge is 0.346 e. The Morgan fingerprint density at radius 1 is 1.50 bits per heavy atom. The molecule has 0 saturated heterocycles. The quantitative estimate of drug-likeness (QED) is 0.829. The number of hydrogen-bond acceptors (Lipinski definition) is 2. The van der Waals surface area contributed by atoms with Crippen molar-refractivity contribution in [3.05, 3.63) is 21.4 Å². The molecule has 0 radical (unpaired) electrons. The molecule has 1 N–H and O–H groups in total. The molecule has 0 fully saturated rings. The van der Waals surface area contributed by atoms with E-state index in [9.17, 15) is 4.79 Å². The third-order valence-electron chi connectivity index (χ3n) is 1.65. The van der Waals surface area contributed by atoms with E-state index in [4.69, 9.17) is 5.11 Å². The maximum Gasteiger partial charge on any atom is 0.346 e. The molecule has 1 aromatic rings. The van der Waals surface area contributed by atoms with Gasteiger partial charge in [-0.25, -0.2) is 4.79 Å². The van der Waals surface area contributed by atoms with E-state index in [1.807, 2.05) is 13.0 Å². The highest BCUT2D eigenvalue weighted by atomic mass is 32.1. The first-order chi connectivity index (χ1) is 5.65. The zero-order valence-corrected chi connectivity index (χ0v) is 8.07. The summed E-state index contributed by atoms with van der Waals surface area (Å²) in [5.74, 6) is -0.795. The maximum atomic E-state index is 10.7. The van der Waals surface area contributed by atoms with Crippen LogP contribution in [0.1, 0.15) is 48.3 Å². The number of carbonyl (C=O) groups is 1. The second kappa shape index (κ2) is 6.60. The van der Waals surface area contributed by atoms with Crippen molar-refractivity contribution in [2.45, 2.75) is 41.5 Å². The van der Waals surface area contributed by atoms with Gasteiger partial charge in [-0.15, -0.1) is 11.3 Å². The van der Waals surface area contributed by atoms with E-state index in [0.717, 1.165) is 23.3 Å². The molecule has 1 rings (SSSR count).